The van der Waals surface area contributed by atoms with Crippen LogP contribution in [0.4, 0.5) is 5.69 Å². The molecular formula is C12H12N2O2. The van der Waals surface area contributed by atoms with Crippen molar-refractivity contribution in [1.82, 2.24) is 0 Å². The number of anilines is 1. The molecule has 0 aromatic heterocycles. The lowest BCUT2D eigenvalue weighted by Crippen LogP contribution is -2.08. The van der Waals surface area contributed by atoms with Gasteiger partial charge in [0.25, 0.3) is 0 Å². The fourth-order valence-corrected chi connectivity index (χ4v) is 1.64. The van der Waals surface area contributed by atoms with E-state index >= 15 is 0 Å². The molecule has 0 aliphatic carbocycles. The predicted octanol–water partition coefficient (Wildman–Crippen LogP) is 2.18. The first-order chi connectivity index (χ1) is 7.74. The number of para-hydroxylation sites is 1. The third kappa shape index (κ3) is 1.69. The number of carbonyl (C=O) groups is 1. The van der Waals surface area contributed by atoms with Gasteiger partial charge < -0.3 is 10.1 Å². The molecule has 4 nitrogen and oxygen atoms in total. The summed E-state index contributed by atoms with van der Waals surface area (Å²) in [6, 6.07) is 5.46. The normalized spacial score (nSPS) is 13.2. The second kappa shape index (κ2) is 4.18. The van der Waals surface area contributed by atoms with Crippen molar-refractivity contribution in [2.75, 3.05) is 12.4 Å². The SMILES string of the molecule is COC1=NC=CNc2c(C(C)=O)cccc21. The maximum Gasteiger partial charge on any atom is 0.222 e. The van der Waals surface area contributed by atoms with Gasteiger partial charge in [-0.3, -0.25) is 4.79 Å². The standard InChI is InChI=1S/C12H12N2O2/c1-8(15)9-4-3-5-10-11(9)13-6-7-14-12(10)16-2/h3-7,13H,1-2H3. The van der Waals surface area contributed by atoms with Crippen molar-refractivity contribution in [3.05, 3.63) is 41.7 Å². The number of ketones is 1. The van der Waals surface area contributed by atoms with Crippen LogP contribution < -0.4 is 5.32 Å². The summed E-state index contributed by atoms with van der Waals surface area (Å²) in [6.45, 7) is 1.54. The monoisotopic (exact) mass is 216 g/mol. The lowest BCUT2D eigenvalue weighted by Gasteiger charge is -2.11. The van der Waals surface area contributed by atoms with Crippen molar-refractivity contribution in [2.45, 2.75) is 6.92 Å². The van der Waals surface area contributed by atoms with Crippen LogP contribution in [0, 0.1) is 0 Å². The zero-order valence-electron chi connectivity index (χ0n) is 9.15. The van der Waals surface area contributed by atoms with E-state index in [1.807, 2.05) is 12.1 Å². The quantitative estimate of drug-likeness (QED) is 0.732. The van der Waals surface area contributed by atoms with Crippen LogP contribution in [0.15, 0.2) is 35.6 Å². The van der Waals surface area contributed by atoms with Crippen LogP contribution in [0.25, 0.3) is 0 Å². The second-order valence-electron chi connectivity index (χ2n) is 3.38. The third-order valence-electron chi connectivity index (χ3n) is 2.36. The molecule has 0 saturated carbocycles. The number of carbonyl (C=O) groups excluding carboxylic acids is 1. The van der Waals surface area contributed by atoms with Crippen LogP contribution in [0.1, 0.15) is 22.8 Å². The van der Waals surface area contributed by atoms with E-state index in [0.29, 0.717) is 11.5 Å². The molecule has 1 aliphatic rings. The molecule has 0 bridgehead atoms. The highest BCUT2D eigenvalue weighted by molar-refractivity contribution is 6.08. The summed E-state index contributed by atoms with van der Waals surface area (Å²) in [6.07, 6.45) is 3.28. The van der Waals surface area contributed by atoms with Crippen LogP contribution in [-0.4, -0.2) is 18.8 Å². The van der Waals surface area contributed by atoms with Crippen molar-refractivity contribution >= 4 is 17.4 Å². The fourth-order valence-electron chi connectivity index (χ4n) is 1.64. The Morgan fingerprint density at radius 3 is 2.94 bits per heavy atom. The summed E-state index contributed by atoms with van der Waals surface area (Å²) in [4.78, 5) is 15.6. The number of nitrogens with zero attached hydrogens (tertiary/aromatic N) is 1. The van der Waals surface area contributed by atoms with Crippen molar-refractivity contribution in [3.63, 3.8) is 0 Å². The highest BCUT2D eigenvalue weighted by Crippen LogP contribution is 2.24. The van der Waals surface area contributed by atoms with Gasteiger partial charge >= 0.3 is 0 Å². The molecule has 1 aromatic carbocycles. The molecule has 0 spiro atoms. The molecule has 0 fully saturated rings. The van der Waals surface area contributed by atoms with E-state index in [4.69, 9.17) is 4.74 Å². The van der Waals surface area contributed by atoms with Gasteiger partial charge in [-0.25, -0.2) is 4.99 Å². The maximum absolute atomic E-state index is 11.5. The van der Waals surface area contributed by atoms with Gasteiger partial charge in [-0.1, -0.05) is 6.07 Å². The number of rotatable bonds is 1. The Balaban J connectivity index is 2.63. The molecule has 4 heteroatoms. The van der Waals surface area contributed by atoms with Crippen molar-refractivity contribution in [1.29, 1.82) is 0 Å². The summed E-state index contributed by atoms with van der Waals surface area (Å²) >= 11 is 0. The molecule has 0 unspecified atom stereocenters. The zero-order valence-corrected chi connectivity index (χ0v) is 9.15. The van der Waals surface area contributed by atoms with Crippen molar-refractivity contribution in [3.8, 4) is 0 Å². The molecule has 0 amide bonds. The highest BCUT2D eigenvalue weighted by atomic mass is 16.5. The topological polar surface area (TPSA) is 50.7 Å². The zero-order chi connectivity index (χ0) is 11.5. The summed E-state index contributed by atoms with van der Waals surface area (Å²) < 4.78 is 5.18. The Morgan fingerprint density at radius 2 is 2.25 bits per heavy atom. The highest BCUT2D eigenvalue weighted by Gasteiger charge is 2.16. The van der Waals surface area contributed by atoms with Gasteiger partial charge in [-0.15, -0.1) is 0 Å². The first-order valence-corrected chi connectivity index (χ1v) is 4.91. The van der Waals surface area contributed by atoms with Gasteiger partial charge in [0.1, 0.15) is 0 Å². The number of fused-ring (bicyclic) bond motifs is 1. The number of aliphatic imine (C=N–C) groups is 1. The van der Waals surface area contributed by atoms with Gasteiger partial charge in [-0.2, -0.15) is 0 Å². The van der Waals surface area contributed by atoms with Crippen LogP contribution in [-0.2, 0) is 4.74 Å². The second-order valence-corrected chi connectivity index (χ2v) is 3.38. The minimum Gasteiger partial charge on any atom is -0.481 e. The summed E-state index contributed by atoms with van der Waals surface area (Å²) in [5, 5.41) is 3.04. The number of ether oxygens (including phenoxy) is 1. The molecular weight excluding hydrogens is 204 g/mol. The van der Waals surface area contributed by atoms with Crippen LogP contribution in [0.3, 0.4) is 0 Å². The van der Waals surface area contributed by atoms with Crippen LogP contribution in [0.2, 0.25) is 0 Å². The lowest BCUT2D eigenvalue weighted by atomic mass is 10.0. The van der Waals surface area contributed by atoms with E-state index in [9.17, 15) is 4.79 Å². The van der Waals surface area contributed by atoms with E-state index in [1.54, 1.807) is 25.6 Å². The Kier molecular flexibility index (Phi) is 2.72. The molecule has 1 aliphatic heterocycles. The van der Waals surface area contributed by atoms with Gasteiger partial charge in [0, 0.05) is 18.0 Å². The predicted molar refractivity (Wildman–Crippen MR) is 62.8 cm³/mol. The molecule has 82 valence electrons. The Morgan fingerprint density at radius 1 is 1.44 bits per heavy atom. The number of nitrogens with one attached hydrogen (secondary N) is 1. The van der Waals surface area contributed by atoms with Gasteiger partial charge in [0.05, 0.1) is 18.4 Å². The number of benzene rings is 1. The minimum atomic E-state index is 0.00935. The van der Waals surface area contributed by atoms with E-state index in [-0.39, 0.29) is 5.78 Å². The minimum absolute atomic E-state index is 0.00935. The molecule has 1 heterocycles. The average Bonchev–Trinajstić information content (AvgIpc) is 2.49. The number of hydrogen-bond donors (Lipinski definition) is 1. The lowest BCUT2D eigenvalue weighted by molar-refractivity contribution is 0.101. The molecule has 0 atom stereocenters. The van der Waals surface area contributed by atoms with Crippen LogP contribution in [0.5, 0.6) is 0 Å². The largest absolute Gasteiger partial charge is 0.481 e. The molecule has 0 radical (unpaired) electrons. The van der Waals surface area contributed by atoms with Crippen molar-refractivity contribution < 1.29 is 9.53 Å². The van der Waals surface area contributed by atoms with E-state index < -0.39 is 0 Å². The smallest absolute Gasteiger partial charge is 0.222 e. The van der Waals surface area contributed by atoms with E-state index in [0.717, 1.165) is 11.3 Å². The van der Waals surface area contributed by atoms with Gasteiger partial charge in [0.15, 0.2) is 5.78 Å². The Labute approximate surface area is 93.6 Å². The summed E-state index contributed by atoms with van der Waals surface area (Å²) in [5.74, 6) is 0.509. The van der Waals surface area contributed by atoms with Crippen LogP contribution >= 0.6 is 0 Å². The van der Waals surface area contributed by atoms with E-state index in [1.165, 1.54) is 6.92 Å². The van der Waals surface area contributed by atoms with E-state index in [2.05, 4.69) is 10.3 Å². The number of hydrogen-bond acceptors (Lipinski definition) is 4. The molecule has 1 N–H and O–H groups in total. The fraction of sp³-hybridized carbons (Fsp3) is 0.167. The first kappa shape index (κ1) is 10.4. The first-order valence-electron chi connectivity index (χ1n) is 4.91. The van der Waals surface area contributed by atoms with Gasteiger partial charge in [-0.05, 0) is 19.1 Å². The summed E-state index contributed by atoms with van der Waals surface area (Å²) in [7, 11) is 1.56. The molecule has 16 heavy (non-hydrogen) atoms. The Hall–Kier alpha value is -2.10. The van der Waals surface area contributed by atoms with Gasteiger partial charge in [0.2, 0.25) is 5.90 Å². The molecule has 2 rings (SSSR count). The third-order valence-corrected chi connectivity index (χ3v) is 2.36. The molecule has 1 aromatic rings. The Bertz CT molecular complexity index is 490. The average molecular weight is 216 g/mol. The molecule has 0 saturated heterocycles. The summed E-state index contributed by atoms with van der Waals surface area (Å²) in [5.41, 5.74) is 2.17. The maximum atomic E-state index is 11.5. The number of methoxy groups -OCH3 is 1. The number of Topliss-reactive ketones (excluding diaryl/α,β-unsaturated/α-hetero) is 1. The van der Waals surface area contributed by atoms with Crippen molar-refractivity contribution in [2.24, 2.45) is 4.99 Å².